The number of carbonyl (C=O) groups is 1. The summed E-state index contributed by atoms with van der Waals surface area (Å²) in [5.41, 5.74) is 0.749. The Bertz CT molecular complexity index is 360. The summed E-state index contributed by atoms with van der Waals surface area (Å²) in [6.07, 6.45) is 1.65. The van der Waals surface area contributed by atoms with Crippen LogP contribution >= 0.6 is 0 Å². The van der Waals surface area contributed by atoms with Crippen LogP contribution < -0.4 is 4.74 Å². The summed E-state index contributed by atoms with van der Waals surface area (Å²) in [4.78, 5) is 14.4. The predicted molar refractivity (Wildman–Crippen MR) is 51.2 cm³/mol. The van der Waals surface area contributed by atoms with Crippen LogP contribution in [0.5, 0.6) is 5.75 Å². The smallest absolute Gasteiger partial charge is 0.334 e. The molecule has 0 bridgehead atoms. The Morgan fingerprint density at radius 1 is 1.71 bits per heavy atom. The first-order valence-corrected chi connectivity index (χ1v) is 4.06. The Morgan fingerprint density at radius 2 is 2.43 bits per heavy atom. The summed E-state index contributed by atoms with van der Waals surface area (Å²) in [5.74, 6) is -0.471. The van der Waals surface area contributed by atoms with Crippen molar-refractivity contribution in [2.24, 2.45) is 0 Å². The number of carboxylic acids is 1. The molecule has 1 heterocycles. The SMILES string of the molecule is C=C(COc1cccnc1C)C(=O)O. The zero-order chi connectivity index (χ0) is 10.6. The second-order valence-electron chi connectivity index (χ2n) is 2.78. The molecule has 1 aromatic rings. The minimum atomic E-state index is -1.05. The number of hydrogen-bond acceptors (Lipinski definition) is 3. The van der Waals surface area contributed by atoms with Gasteiger partial charge in [-0.15, -0.1) is 0 Å². The molecule has 1 rings (SSSR count). The van der Waals surface area contributed by atoms with Crippen LogP contribution in [0.1, 0.15) is 5.69 Å². The number of pyridine rings is 1. The van der Waals surface area contributed by atoms with Gasteiger partial charge in [0.25, 0.3) is 0 Å². The molecule has 1 N–H and O–H groups in total. The van der Waals surface area contributed by atoms with Crippen LogP contribution in [-0.2, 0) is 4.79 Å². The molecule has 0 aliphatic rings. The Labute approximate surface area is 81.9 Å². The van der Waals surface area contributed by atoms with Gasteiger partial charge in [0.2, 0.25) is 0 Å². The molecular formula is C10H11NO3. The van der Waals surface area contributed by atoms with Crippen molar-refractivity contribution in [2.75, 3.05) is 6.61 Å². The lowest BCUT2D eigenvalue weighted by Crippen LogP contribution is -2.09. The van der Waals surface area contributed by atoms with Crippen molar-refractivity contribution in [3.05, 3.63) is 36.2 Å². The summed E-state index contributed by atoms with van der Waals surface area (Å²) < 4.78 is 5.22. The van der Waals surface area contributed by atoms with Crippen LogP contribution in [0.3, 0.4) is 0 Å². The predicted octanol–water partition coefficient (Wildman–Crippen LogP) is 1.41. The molecule has 0 fully saturated rings. The van der Waals surface area contributed by atoms with E-state index in [1.165, 1.54) is 0 Å². The molecule has 74 valence electrons. The molecular weight excluding hydrogens is 182 g/mol. The molecule has 1 aromatic heterocycles. The number of hydrogen-bond donors (Lipinski definition) is 1. The van der Waals surface area contributed by atoms with Crippen LogP contribution in [-0.4, -0.2) is 22.7 Å². The second-order valence-corrected chi connectivity index (χ2v) is 2.78. The molecule has 0 saturated heterocycles. The number of carboxylic acid groups (broad SMARTS) is 1. The van der Waals surface area contributed by atoms with Crippen LogP contribution in [0.4, 0.5) is 0 Å². The third kappa shape index (κ3) is 2.58. The zero-order valence-corrected chi connectivity index (χ0v) is 7.86. The highest BCUT2D eigenvalue weighted by Crippen LogP contribution is 2.14. The highest BCUT2D eigenvalue weighted by molar-refractivity contribution is 5.86. The molecule has 0 amide bonds. The Hall–Kier alpha value is -1.84. The van der Waals surface area contributed by atoms with E-state index in [-0.39, 0.29) is 12.2 Å². The summed E-state index contributed by atoms with van der Waals surface area (Å²) in [5, 5.41) is 8.53. The molecule has 4 nitrogen and oxygen atoms in total. The summed E-state index contributed by atoms with van der Waals surface area (Å²) >= 11 is 0. The van der Waals surface area contributed by atoms with Crippen molar-refractivity contribution in [3.8, 4) is 5.75 Å². The van der Waals surface area contributed by atoms with Crippen LogP contribution in [0.25, 0.3) is 0 Å². The number of rotatable bonds is 4. The standard InChI is InChI=1S/C10H11NO3/c1-7(10(12)13)6-14-9-4-3-5-11-8(9)2/h3-5H,1,6H2,2H3,(H,12,13). The van der Waals surface area contributed by atoms with E-state index in [1.807, 2.05) is 0 Å². The fraction of sp³-hybridized carbons (Fsp3) is 0.200. The molecule has 0 aliphatic heterocycles. The maximum Gasteiger partial charge on any atom is 0.334 e. The number of nitrogens with zero attached hydrogens (tertiary/aromatic N) is 1. The van der Waals surface area contributed by atoms with E-state index in [1.54, 1.807) is 25.3 Å². The summed E-state index contributed by atoms with van der Waals surface area (Å²) in [7, 11) is 0. The van der Waals surface area contributed by atoms with Crippen LogP contribution in [0, 0.1) is 6.92 Å². The van der Waals surface area contributed by atoms with Crippen molar-refractivity contribution < 1.29 is 14.6 Å². The number of aliphatic carboxylic acids is 1. The quantitative estimate of drug-likeness (QED) is 0.734. The average Bonchev–Trinajstić information content (AvgIpc) is 2.16. The normalized spacial score (nSPS) is 9.50. The third-order valence-corrected chi connectivity index (χ3v) is 1.66. The van der Waals surface area contributed by atoms with E-state index < -0.39 is 5.97 Å². The van der Waals surface area contributed by atoms with Gasteiger partial charge in [0.05, 0.1) is 11.3 Å². The molecule has 0 aliphatic carbocycles. The van der Waals surface area contributed by atoms with Gasteiger partial charge in [-0.1, -0.05) is 6.58 Å². The van der Waals surface area contributed by atoms with Crippen molar-refractivity contribution in [3.63, 3.8) is 0 Å². The highest BCUT2D eigenvalue weighted by Gasteiger charge is 2.05. The second kappa shape index (κ2) is 4.41. The van der Waals surface area contributed by atoms with Crippen LogP contribution in [0.15, 0.2) is 30.5 Å². The largest absolute Gasteiger partial charge is 0.487 e. The topological polar surface area (TPSA) is 59.4 Å². The summed E-state index contributed by atoms with van der Waals surface area (Å²) in [6.45, 7) is 5.12. The van der Waals surface area contributed by atoms with E-state index in [4.69, 9.17) is 9.84 Å². The van der Waals surface area contributed by atoms with Crippen LogP contribution in [0.2, 0.25) is 0 Å². The minimum absolute atomic E-state index is 0.0215. The molecule has 0 unspecified atom stereocenters. The third-order valence-electron chi connectivity index (χ3n) is 1.66. The van der Waals surface area contributed by atoms with Gasteiger partial charge in [-0.2, -0.15) is 0 Å². The van der Waals surface area contributed by atoms with Crippen molar-refractivity contribution in [2.45, 2.75) is 6.92 Å². The van der Waals surface area contributed by atoms with Crippen molar-refractivity contribution in [1.29, 1.82) is 0 Å². The van der Waals surface area contributed by atoms with Gasteiger partial charge in [0, 0.05) is 6.20 Å². The number of ether oxygens (including phenoxy) is 1. The Kier molecular flexibility index (Phi) is 3.23. The molecule has 4 heteroatoms. The monoisotopic (exact) mass is 193 g/mol. The molecule has 0 radical (unpaired) electrons. The van der Waals surface area contributed by atoms with E-state index in [0.717, 1.165) is 5.69 Å². The molecule has 0 atom stereocenters. The van der Waals surface area contributed by atoms with Gasteiger partial charge in [0.1, 0.15) is 12.4 Å². The van der Waals surface area contributed by atoms with Gasteiger partial charge in [0.15, 0.2) is 0 Å². The summed E-state index contributed by atoms with van der Waals surface area (Å²) in [6, 6.07) is 3.46. The fourth-order valence-electron chi connectivity index (χ4n) is 0.849. The lowest BCUT2D eigenvalue weighted by atomic mass is 10.3. The maximum absolute atomic E-state index is 10.4. The first kappa shape index (κ1) is 10.2. The van der Waals surface area contributed by atoms with E-state index in [2.05, 4.69) is 11.6 Å². The highest BCUT2D eigenvalue weighted by atomic mass is 16.5. The van der Waals surface area contributed by atoms with Crippen molar-refractivity contribution >= 4 is 5.97 Å². The van der Waals surface area contributed by atoms with E-state index >= 15 is 0 Å². The van der Waals surface area contributed by atoms with Gasteiger partial charge in [-0.3, -0.25) is 4.98 Å². The lowest BCUT2D eigenvalue weighted by Gasteiger charge is -2.07. The van der Waals surface area contributed by atoms with Gasteiger partial charge >= 0.3 is 5.97 Å². The Morgan fingerprint density at radius 3 is 3.00 bits per heavy atom. The average molecular weight is 193 g/mol. The molecule has 0 spiro atoms. The number of aryl methyl sites for hydroxylation is 1. The Balaban J connectivity index is 2.58. The lowest BCUT2D eigenvalue weighted by molar-refractivity contribution is -0.133. The van der Waals surface area contributed by atoms with E-state index in [0.29, 0.717) is 5.75 Å². The first-order chi connectivity index (χ1) is 6.61. The molecule has 14 heavy (non-hydrogen) atoms. The van der Waals surface area contributed by atoms with Gasteiger partial charge < -0.3 is 9.84 Å². The molecule has 0 saturated carbocycles. The first-order valence-electron chi connectivity index (χ1n) is 4.06. The minimum Gasteiger partial charge on any atom is -0.487 e. The maximum atomic E-state index is 10.4. The molecule has 0 aromatic carbocycles. The fourth-order valence-corrected chi connectivity index (χ4v) is 0.849. The van der Waals surface area contributed by atoms with E-state index in [9.17, 15) is 4.79 Å². The number of aromatic nitrogens is 1. The zero-order valence-electron chi connectivity index (χ0n) is 7.86. The van der Waals surface area contributed by atoms with Gasteiger partial charge in [-0.25, -0.2) is 4.79 Å². The van der Waals surface area contributed by atoms with Crippen molar-refractivity contribution in [1.82, 2.24) is 4.98 Å². The van der Waals surface area contributed by atoms with Gasteiger partial charge in [-0.05, 0) is 19.1 Å².